The number of carbonyl (C=O) groups excluding carboxylic acids is 2. The minimum Gasteiger partial charge on any atom is -0.507 e. The highest BCUT2D eigenvalue weighted by atomic mass is 19.1. The van der Waals surface area contributed by atoms with Gasteiger partial charge in [0.25, 0.3) is 11.7 Å². The largest absolute Gasteiger partial charge is 0.507 e. The lowest BCUT2D eigenvalue weighted by atomic mass is 9.94. The maximum absolute atomic E-state index is 13.4. The lowest BCUT2D eigenvalue weighted by Gasteiger charge is -2.26. The molecule has 1 N–H and O–H groups in total. The van der Waals surface area contributed by atoms with Gasteiger partial charge in [0.15, 0.2) is 0 Å². The minimum absolute atomic E-state index is 0.0161. The third-order valence-corrected chi connectivity index (χ3v) is 6.55. The molecule has 0 aliphatic carbocycles. The molecule has 1 saturated heterocycles. The maximum atomic E-state index is 13.4. The van der Waals surface area contributed by atoms with Crippen LogP contribution < -0.4 is 9.47 Å². The number of ether oxygens (including phenoxy) is 2. The molecule has 1 aliphatic heterocycles. The van der Waals surface area contributed by atoms with Crippen molar-refractivity contribution in [2.24, 2.45) is 0 Å². The van der Waals surface area contributed by atoms with E-state index in [1.807, 2.05) is 39.8 Å². The average Bonchev–Trinajstić information content (AvgIpc) is 3.16. The third kappa shape index (κ3) is 6.30. The lowest BCUT2D eigenvalue weighted by molar-refractivity contribution is -0.139. The van der Waals surface area contributed by atoms with E-state index in [2.05, 4.69) is 0 Å². The van der Waals surface area contributed by atoms with Gasteiger partial charge in [0.2, 0.25) is 0 Å². The number of benzene rings is 3. The number of carbonyl (C=O) groups is 2. The first-order chi connectivity index (χ1) is 18.7. The van der Waals surface area contributed by atoms with Crippen molar-refractivity contribution in [3.8, 4) is 11.5 Å². The number of likely N-dealkylation sites (tertiary alicyclic amines) is 1. The van der Waals surface area contributed by atoms with Gasteiger partial charge in [0.1, 0.15) is 23.1 Å². The second-order valence-electron chi connectivity index (χ2n) is 9.94. The highest BCUT2D eigenvalue weighted by Crippen LogP contribution is 2.41. The Balaban J connectivity index is 1.77. The van der Waals surface area contributed by atoms with Crippen LogP contribution in [0.5, 0.6) is 11.5 Å². The molecule has 1 atom stereocenters. The Kier molecular flexibility index (Phi) is 8.69. The average molecular weight is 532 g/mol. The van der Waals surface area contributed by atoms with Crippen LogP contribution in [0, 0.1) is 12.7 Å². The molecule has 1 fully saturated rings. The van der Waals surface area contributed by atoms with Crippen molar-refractivity contribution in [2.75, 3.05) is 13.2 Å². The zero-order valence-electron chi connectivity index (χ0n) is 22.7. The van der Waals surface area contributed by atoms with Gasteiger partial charge in [-0.05, 0) is 92.8 Å². The van der Waals surface area contributed by atoms with Crippen LogP contribution in [0.1, 0.15) is 55.5 Å². The Morgan fingerprint density at radius 3 is 2.46 bits per heavy atom. The molecule has 3 aromatic rings. The molecular weight excluding hydrogens is 497 g/mol. The zero-order chi connectivity index (χ0) is 28.1. The van der Waals surface area contributed by atoms with Crippen LogP contribution in [-0.2, 0) is 16.0 Å². The predicted molar refractivity (Wildman–Crippen MR) is 148 cm³/mol. The number of rotatable bonds is 10. The first-order valence-electron chi connectivity index (χ1n) is 13.2. The molecular formula is C32H34FNO5. The molecule has 1 amide bonds. The molecule has 1 heterocycles. The Morgan fingerprint density at radius 1 is 1.05 bits per heavy atom. The molecule has 6 nitrogen and oxygen atoms in total. The van der Waals surface area contributed by atoms with Crippen LogP contribution in [0.3, 0.4) is 0 Å². The first kappa shape index (κ1) is 27.9. The van der Waals surface area contributed by atoms with Crippen molar-refractivity contribution in [1.29, 1.82) is 0 Å². The van der Waals surface area contributed by atoms with Crippen LogP contribution in [0.25, 0.3) is 5.76 Å². The second-order valence-corrected chi connectivity index (χ2v) is 9.94. The molecule has 0 saturated carbocycles. The number of ketones is 1. The topological polar surface area (TPSA) is 76.1 Å². The van der Waals surface area contributed by atoms with Gasteiger partial charge in [-0.2, -0.15) is 0 Å². The van der Waals surface area contributed by atoms with Crippen LogP contribution in [0.2, 0.25) is 0 Å². The van der Waals surface area contributed by atoms with Gasteiger partial charge in [-0.3, -0.25) is 9.59 Å². The molecule has 0 aromatic heterocycles. The van der Waals surface area contributed by atoms with Gasteiger partial charge >= 0.3 is 0 Å². The van der Waals surface area contributed by atoms with E-state index in [4.69, 9.17) is 9.47 Å². The summed E-state index contributed by atoms with van der Waals surface area (Å²) in [6.45, 7) is 8.49. The lowest BCUT2D eigenvalue weighted by Crippen LogP contribution is -2.31. The molecule has 7 heteroatoms. The first-order valence-corrected chi connectivity index (χ1v) is 13.2. The van der Waals surface area contributed by atoms with Crippen LogP contribution in [-0.4, -0.2) is 41.0 Å². The zero-order valence-corrected chi connectivity index (χ0v) is 22.7. The number of hydrogen-bond donors (Lipinski definition) is 1. The SMILES string of the molecule is CCCOc1ccc(/C(O)=C2\C(=O)C(=O)N(CCc3ccc(F)cc3)C2c2cccc(OC(C)C)c2)cc1C. The number of aliphatic hydroxyl groups excluding tert-OH is 1. The summed E-state index contributed by atoms with van der Waals surface area (Å²) in [5.74, 6) is -0.747. The molecule has 3 aromatic carbocycles. The highest BCUT2D eigenvalue weighted by molar-refractivity contribution is 6.46. The van der Waals surface area contributed by atoms with Gasteiger partial charge in [0.05, 0.1) is 24.3 Å². The summed E-state index contributed by atoms with van der Waals surface area (Å²) in [4.78, 5) is 28.2. The van der Waals surface area contributed by atoms with E-state index in [9.17, 15) is 19.1 Å². The summed E-state index contributed by atoms with van der Waals surface area (Å²) in [6.07, 6.45) is 1.21. The van der Waals surface area contributed by atoms with Crippen molar-refractivity contribution < 1.29 is 28.6 Å². The number of hydrogen-bond acceptors (Lipinski definition) is 5. The van der Waals surface area contributed by atoms with E-state index in [1.165, 1.54) is 17.0 Å². The van der Waals surface area contributed by atoms with E-state index >= 15 is 0 Å². The van der Waals surface area contributed by atoms with Crippen LogP contribution >= 0.6 is 0 Å². The van der Waals surface area contributed by atoms with Gasteiger partial charge in [-0.1, -0.05) is 31.2 Å². The summed E-state index contributed by atoms with van der Waals surface area (Å²) in [5, 5.41) is 11.4. The van der Waals surface area contributed by atoms with Gasteiger partial charge in [-0.25, -0.2) is 4.39 Å². The van der Waals surface area contributed by atoms with Gasteiger partial charge in [-0.15, -0.1) is 0 Å². The quantitative estimate of drug-likeness (QED) is 0.187. The molecule has 4 rings (SSSR count). The maximum Gasteiger partial charge on any atom is 0.295 e. The number of aliphatic hydroxyl groups is 1. The van der Waals surface area contributed by atoms with Crippen molar-refractivity contribution in [3.05, 3.63) is 100 Å². The fourth-order valence-electron chi connectivity index (χ4n) is 4.71. The Bertz CT molecular complexity index is 1380. The standard InChI is InChI=1S/C32H34FNO5/c1-5-17-38-27-14-11-24(18-21(27)4)30(35)28-29(23-7-6-8-26(19-23)39-20(2)3)34(32(37)31(28)36)16-15-22-9-12-25(33)13-10-22/h6-14,18-20,29,35H,5,15-17H2,1-4H3/b30-28+. The molecule has 204 valence electrons. The fourth-order valence-corrected chi connectivity index (χ4v) is 4.71. The Morgan fingerprint density at radius 2 is 1.79 bits per heavy atom. The summed E-state index contributed by atoms with van der Waals surface area (Å²) >= 11 is 0. The van der Waals surface area contributed by atoms with Crippen LogP contribution in [0.15, 0.2) is 72.3 Å². The van der Waals surface area contributed by atoms with E-state index in [0.29, 0.717) is 35.7 Å². The molecule has 0 radical (unpaired) electrons. The molecule has 1 aliphatic rings. The van der Waals surface area contributed by atoms with Crippen molar-refractivity contribution in [2.45, 2.75) is 52.7 Å². The normalized spacial score (nSPS) is 16.7. The fraction of sp³-hybridized carbons (Fsp3) is 0.312. The summed E-state index contributed by atoms with van der Waals surface area (Å²) < 4.78 is 25.0. The molecule has 39 heavy (non-hydrogen) atoms. The number of halogens is 1. The monoisotopic (exact) mass is 531 g/mol. The molecule has 0 bridgehead atoms. The Hall–Kier alpha value is -4.13. The van der Waals surface area contributed by atoms with Crippen molar-refractivity contribution in [3.63, 3.8) is 0 Å². The number of amides is 1. The predicted octanol–water partition coefficient (Wildman–Crippen LogP) is 6.37. The summed E-state index contributed by atoms with van der Waals surface area (Å²) in [7, 11) is 0. The third-order valence-electron chi connectivity index (χ3n) is 6.55. The summed E-state index contributed by atoms with van der Waals surface area (Å²) in [5.41, 5.74) is 2.72. The second kappa shape index (κ2) is 12.2. The smallest absolute Gasteiger partial charge is 0.295 e. The van der Waals surface area contributed by atoms with E-state index < -0.39 is 17.7 Å². The van der Waals surface area contributed by atoms with Gasteiger partial charge < -0.3 is 19.5 Å². The van der Waals surface area contributed by atoms with Crippen molar-refractivity contribution >= 4 is 17.4 Å². The summed E-state index contributed by atoms with van der Waals surface area (Å²) in [6, 6.07) is 17.6. The van der Waals surface area contributed by atoms with E-state index in [1.54, 1.807) is 42.5 Å². The van der Waals surface area contributed by atoms with Crippen molar-refractivity contribution in [1.82, 2.24) is 4.90 Å². The minimum atomic E-state index is -0.822. The van der Waals surface area contributed by atoms with Gasteiger partial charge in [0, 0.05) is 12.1 Å². The van der Waals surface area contributed by atoms with Crippen LogP contribution in [0.4, 0.5) is 4.39 Å². The number of Topliss-reactive ketones (excluding diaryl/α,β-unsaturated/α-hetero) is 1. The van der Waals surface area contributed by atoms with E-state index in [-0.39, 0.29) is 29.8 Å². The van der Waals surface area contributed by atoms with E-state index in [0.717, 1.165) is 17.5 Å². The highest BCUT2D eigenvalue weighted by Gasteiger charge is 2.46. The number of aryl methyl sites for hydroxylation is 1. The Labute approximate surface area is 228 Å². The molecule has 0 spiro atoms. The number of nitrogens with zero attached hydrogens (tertiary/aromatic N) is 1. The molecule has 1 unspecified atom stereocenters.